The van der Waals surface area contributed by atoms with Gasteiger partial charge in [0.25, 0.3) is 5.56 Å². The van der Waals surface area contributed by atoms with E-state index in [0.29, 0.717) is 17.8 Å². The van der Waals surface area contributed by atoms with Gasteiger partial charge in [0.15, 0.2) is 11.2 Å². The predicted molar refractivity (Wildman–Crippen MR) is 116 cm³/mol. The number of esters is 1. The molecule has 0 saturated carbocycles. The minimum Gasteiger partial charge on any atom is -0.462 e. The highest BCUT2D eigenvalue weighted by molar-refractivity contribution is 5.95. The summed E-state index contributed by atoms with van der Waals surface area (Å²) in [6, 6.07) is 9.67. The Hall–Kier alpha value is -4.01. The molecule has 164 valence electrons. The molecule has 0 aliphatic carbocycles. The van der Waals surface area contributed by atoms with E-state index < -0.39 is 11.9 Å². The zero-order valence-electron chi connectivity index (χ0n) is 17.9. The molecule has 1 amide bonds. The molecule has 4 aromatic rings. The summed E-state index contributed by atoms with van der Waals surface area (Å²) in [6.07, 6.45) is 2.98. The first kappa shape index (κ1) is 21.2. The lowest BCUT2D eigenvalue weighted by molar-refractivity contribution is 0.0523. The number of ether oxygens (including phenoxy) is 1. The molecule has 4 aromatic heterocycles. The maximum atomic E-state index is 13.2. The first-order valence-corrected chi connectivity index (χ1v) is 10.2. The Labute approximate surface area is 182 Å². The van der Waals surface area contributed by atoms with Crippen LogP contribution in [0.4, 0.5) is 0 Å². The van der Waals surface area contributed by atoms with Crippen LogP contribution in [0.15, 0.2) is 63.1 Å². The van der Waals surface area contributed by atoms with E-state index in [4.69, 9.17) is 9.15 Å². The lowest BCUT2D eigenvalue weighted by Crippen LogP contribution is -2.33. The molecule has 9 nitrogen and oxygen atoms in total. The van der Waals surface area contributed by atoms with Crippen molar-refractivity contribution < 1.29 is 18.7 Å². The molecule has 0 unspecified atom stereocenters. The SMILES string of the molecule is CCOC(=O)c1cc2c(=O)n3ccccc3nc2n(CC(C)C)c1=NC(=O)c1ccco1. The van der Waals surface area contributed by atoms with Crippen LogP contribution in [0.1, 0.15) is 41.7 Å². The zero-order chi connectivity index (χ0) is 22.8. The summed E-state index contributed by atoms with van der Waals surface area (Å²) >= 11 is 0. The van der Waals surface area contributed by atoms with Crippen LogP contribution >= 0.6 is 0 Å². The average Bonchev–Trinajstić information content (AvgIpc) is 3.30. The van der Waals surface area contributed by atoms with Gasteiger partial charge in [-0.3, -0.25) is 14.0 Å². The molecular weight excluding hydrogens is 412 g/mol. The smallest absolute Gasteiger partial charge is 0.341 e. The van der Waals surface area contributed by atoms with Gasteiger partial charge in [-0.25, -0.2) is 9.78 Å². The van der Waals surface area contributed by atoms with E-state index in [1.165, 1.54) is 22.8 Å². The Kier molecular flexibility index (Phi) is 5.72. The number of furan rings is 1. The van der Waals surface area contributed by atoms with E-state index in [0.717, 1.165) is 0 Å². The van der Waals surface area contributed by atoms with E-state index >= 15 is 0 Å². The van der Waals surface area contributed by atoms with Crippen LogP contribution in [-0.2, 0) is 11.3 Å². The number of fused-ring (bicyclic) bond motifs is 2. The molecule has 0 radical (unpaired) electrons. The monoisotopic (exact) mass is 434 g/mol. The molecule has 0 N–H and O–H groups in total. The molecule has 0 aliphatic rings. The number of aromatic nitrogens is 3. The van der Waals surface area contributed by atoms with E-state index in [-0.39, 0.29) is 40.3 Å². The third-order valence-electron chi connectivity index (χ3n) is 4.77. The Morgan fingerprint density at radius 2 is 2.03 bits per heavy atom. The van der Waals surface area contributed by atoms with Crippen molar-refractivity contribution >= 4 is 28.6 Å². The molecule has 0 spiro atoms. The van der Waals surface area contributed by atoms with E-state index in [1.54, 1.807) is 42.0 Å². The molecular formula is C23H22N4O5. The number of hydrogen-bond donors (Lipinski definition) is 0. The first-order chi connectivity index (χ1) is 15.4. The maximum Gasteiger partial charge on any atom is 0.341 e. The van der Waals surface area contributed by atoms with Crippen LogP contribution in [0.5, 0.6) is 0 Å². The Morgan fingerprint density at radius 1 is 1.22 bits per heavy atom. The quantitative estimate of drug-likeness (QED) is 0.353. The van der Waals surface area contributed by atoms with Gasteiger partial charge in [0, 0.05) is 12.7 Å². The Bertz CT molecular complexity index is 1450. The molecule has 4 heterocycles. The third kappa shape index (κ3) is 3.84. The largest absolute Gasteiger partial charge is 0.462 e. The van der Waals surface area contributed by atoms with Gasteiger partial charge >= 0.3 is 11.9 Å². The number of pyridine rings is 2. The zero-order valence-corrected chi connectivity index (χ0v) is 17.9. The van der Waals surface area contributed by atoms with Crippen LogP contribution in [0.3, 0.4) is 0 Å². The van der Waals surface area contributed by atoms with Gasteiger partial charge in [0.2, 0.25) is 0 Å². The second kappa shape index (κ2) is 8.62. The highest BCUT2D eigenvalue weighted by Gasteiger charge is 2.21. The van der Waals surface area contributed by atoms with Gasteiger partial charge in [-0.1, -0.05) is 19.9 Å². The van der Waals surface area contributed by atoms with Crippen molar-refractivity contribution in [1.29, 1.82) is 0 Å². The summed E-state index contributed by atoms with van der Waals surface area (Å²) in [5.41, 5.74) is 0.508. The standard InChI is InChI=1S/C23H22N4O5/c1-4-31-23(30)16-12-15-19(24-18-9-5-6-10-26(18)22(15)29)27(13-14(2)3)20(16)25-21(28)17-8-7-11-32-17/h5-12,14H,4,13H2,1-3H3. The van der Waals surface area contributed by atoms with Crippen LogP contribution in [-0.4, -0.2) is 32.4 Å². The van der Waals surface area contributed by atoms with Gasteiger partial charge in [-0.15, -0.1) is 0 Å². The molecule has 0 aromatic carbocycles. The van der Waals surface area contributed by atoms with E-state index in [1.807, 2.05) is 13.8 Å². The molecule has 0 saturated heterocycles. The summed E-state index contributed by atoms with van der Waals surface area (Å²) in [5, 5.41) is 0.224. The lowest BCUT2D eigenvalue weighted by atomic mass is 10.1. The number of amides is 1. The van der Waals surface area contributed by atoms with Crippen LogP contribution in [0.25, 0.3) is 16.7 Å². The van der Waals surface area contributed by atoms with E-state index in [2.05, 4.69) is 9.98 Å². The minimum atomic E-state index is -0.685. The van der Waals surface area contributed by atoms with Gasteiger partial charge in [-0.2, -0.15) is 4.99 Å². The molecule has 4 rings (SSSR count). The molecule has 0 atom stereocenters. The second-order valence-electron chi connectivity index (χ2n) is 7.58. The number of carbonyl (C=O) groups excluding carboxylic acids is 2. The minimum absolute atomic E-state index is 0.00897. The van der Waals surface area contributed by atoms with Crippen molar-refractivity contribution in [3.63, 3.8) is 0 Å². The highest BCUT2D eigenvalue weighted by Crippen LogP contribution is 2.13. The predicted octanol–water partition coefficient (Wildman–Crippen LogP) is 2.82. The van der Waals surface area contributed by atoms with Crippen molar-refractivity contribution in [2.75, 3.05) is 6.61 Å². The summed E-state index contributed by atoms with van der Waals surface area (Å²) < 4.78 is 13.4. The fourth-order valence-corrected chi connectivity index (χ4v) is 3.45. The van der Waals surface area contributed by atoms with Gasteiger partial charge in [0.05, 0.1) is 18.3 Å². The van der Waals surface area contributed by atoms with Crippen LogP contribution < -0.4 is 11.0 Å². The molecule has 0 aliphatic heterocycles. The summed E-state index contributed by atoms with van der Waals surface area (Å²) in [4.78, 5) is 47.6. The number of carbonyl (C=O) groups is 2. The Balaban J connectivity index is 2.15. The van der Waals surface area contributed by atoms with Crippen molar-refractivity contribution in [2.24, 2.45) is 10.9 Å². The van der Waals surface area contributed by atoms with Gasteiger partial charge in [0.1, 0.15) is 16.9 Å². The second-order valence-corrected chi connectivity index (χ2v) is 7.58. The highest BCUT2D eigenvalue weighted by atomic mass is 16.5. The summed E-state index contributed by atoms with van der Waals surface area (Å²) in [7, 11) is 0. The normalized spacial score (nSPS) is 12.1. The Morgan fingerprint density at radius 3 is 2.72 bits per heavy atom. The maximum absolute atomic E-state index is 13.2. The van der Waals surface area contributed by atoms with Crippen molar-refractivity contribution in [3.05, 3.63) is 76.0 Å². The molecule has 32 heavy (non-hydrogen) atoms. The van der Waals surface area contributed by atoms with E-state index in [9.17, 15) is 14.4 Å². The third-order valence-corrected chi connectivity index (χ3v) is 4.77. The van der Waals surface area contributed by atoms with Gasteiger partial charge in [-0.05, 0) is 43.2 Å². The molecule has 0 bridgehead atoms. The summed E-state index contributed by atoms with van der Waals surface area (Å²) in [5.74, 6) is -1.21. The average molecular weight is 434 g/mol. The summed E-state index contributed by atoms with van der Waals surface area (Å²) in [6.45, 7) is 6.12. The molecule has 0 fully saturated rings. The van der Waals surface area contributed by atoms with Crippen molar-refractivity contribution in [2.45, 2.75) is 27.3 Å². The fourth-order valence-electron chi connectivity index (χ4n) is 3.45. The number of rotatable bonds is 5. The molecule has 9 heteroatoms. The number of nitrogens with zero attached hydrogens (tertiary/aromatic N) is 4. The van der Waals surface area contributed by atoms with Crippen molar-refractivity contribution in [3.8, 4) is 0 Å². The van der Waals surface area contributed by atoms with Crippen LogP contribution in [0, 0.1) is 5.92 Å². The topological polar surface area (TPSA) is 108 Å². The fraction of sp³-hybridized carbons (Fsp3) is 0.261. The lowest BCUT2D eigenvalue weighted by Gasteiger charge is -2.16. The van der Waals surface area contributed by atoms with Crippen LogP contribution in [0.2, 0.25) is 0 Å². The van der Waals surface area contributed by atoms with Gasteiger partial charge < -0.3 is 13.7 Å². The van der Waals surface area contributed by atoms with Crippen molar-refractivity contribution in [1.82, 2.24) is 14.0 Å². The number of hydrogen-bond acceptors (Lipinski definition) is 6. The first-order valence-electron chi connectivity index (χ1n) is 10.2.